The number of rotatable bonds is 3. The van der Waals surface area contributed by atoms with Crippen molar-refractivity contribution in [2.75, 3.05) is 0 Å². The topological polar surface area (TPSA) is 9.23 Å². The van der Waals surface area contributed by atoms with Gasteiger partial charge in [-0.1, -0.05) is 153 Å². The van der Waals surface area contributed by atoms with E-state index in [-0.39, 0.29) is 5.41 Å². The number of allylic oxidation sites excluding steroid dienone is 4. The Kier molecular flexibility index (Phi) is 5.65. The van der Waals surface area contributed by atoms with Crippen LogP contribution in [0.1, 0.15) is 65.1 Å². The third-order valence-electron chi connectivity index (χ3n) is 10.6. The van der Waals surface area contributed by atoms with Gasteiger partial charge in [0.2, 0.25) is 0 Å². The summed E-state index contributed by atoms with van der Waals surface area (Å²) >= 11 is 0. The standard InChI is InChI=1S/C44H34O/c1-43(2)39-27-31(21-23-35(39)36-25-29-13-9-10-14-30(29)26-40(36)43)32-22-24-38-42(28-32)45-41-20-12-11-19-37(41)44(38,33-15-5-3-6-16-33)34-17-7-4-8-18-34/h3-22,24-28,35H,23H2,1-2H3. The van der Waals surface area contributed by atoms with E-state index in [9.17, 15) is 0 Å². The summed E-state index contributed by atoms with van der Waals surface area (Å²) in [5.74, 6) is 2.25. The molecule has 0 N–H and O–H groups in total. The highest BCUT2D eigenvalue weighted by Crippen LogP contribution is 2.57. The van der Waals surface area contributed by atoms with Crippen molar-refractivity contribution < 1.29 is 4.74 Å². The van der Waals surface area contributed by atoms with Gasteiger partial charge in [0.25, 0.3) is 0 Å². The lowest BCUT2D eigenvalue weighted by Gasteiger charge is -2.41. The summed E-state index contributed by atoms with van der Waals surface area (Å²) in [6.07, 6.45) is 5.92. The van der Waals surface area contributed by atoms with Crippen LogP contribution in [0.2, 0.25) is 0 Å². The molecule has 0 radical (unpaired) electrons. The molecule has 0 fully saturated rings. The van der Waals surface area contributed by atoms with Crippen molar-refractivity contribution in [3.8, 4) is 11.5 Å². The van der Waals surface area contributed by atoms with E-state index >= 15 is 0 Å². The van der Waals surface area contributed by atoms with Gasteiger partial charge >= 0.3 is 0 Å². The molecule has 6 aromatic carbocycles. The number of fused-ring (bicyclic) bond motifs is 6. The normalized spacial score (nSPS) is 18.5. The summed E-state index contributed by atoms with van der Waals surface area (Å²) in [4.78, 5) is 0. The highest BCUT2D eigenvalue weighted by molar-refractivity contribution is 5.87. The second-order valence-electron chi connectivity index (χ2n) is 13.3. The summed E-state index contributed by atoms with van der Waals surface area (Å²) in [6, 6.07) is 50.9. The number of hydrogen-bond acceptors (Lipinski definition) is 1. The van der Waals surface area contributed by atoms with Gasteiger partial charge in [-0.25, -0.2) is 0 Å². The Labute approximate surface area is 265 Å². The van der Waals surface area contributed by atoms with Gasteiger partial charge in [0.05, 0.1) is 5.41 Å². The molecule has 1 atom stereocenters. The van der Waals surface area contributed by atoms with Crippen LogP contribution in [0.25, 0.3) is 16.3 Å². The van der Waals surface area contributed by atoms with E-state index in [0.717, 1.165) is 17.9 Å². The number of hydrogen-bond donors (Lipinski definition) is 0. The minimum atomic E-state index is -0.493. The first-order chi connectivity index (χ1) is 22.0. The highest BCUT2D eigenvalue weighted by Gasteiger charge is 2.46. The van der Waals surface area contributed by atoms with Crippen LogP contribution in [0.3, 0.4) is 0 Å². The van der Waals surface area contributed by atoms with Crippen molar-refractivity contribution in [3.05, 3.63) is 196 Å². The van der Waals surface area contributed by atoms with Gasteiger partial charge in [-0.05, 0) is 68.8 Å². The van der Waals surface area contributed by atoms with Crippen molar-refractivity contribution in [1.82, 2.24) is 0 Å². The average Bonchev–Trinajstić information content (AvgIpc) is 3.31. The summed E-state index contributed by atoms with van der Waals surface area (Å²) in [7, 11) is 0. The van der Waals surface area contributed by atoms with Gasteiger partial charge in [-0.15, -0.1) is 0 Å². The molecular weight excluding hydrogens is 544 g/mol. The first-order valence-electron chi connectivity index (χ1n) is 16.0. The molecule has 2 aliphatic carbocycles. The summed E-state index contributed by atoms with van der Waals surface area (Å²) < 4.78 is 6.78. The first-order valence-corrected chi connectivity index (χ1v) is 16.0. The van der Waals surface area contributed by atoms with Crippen LogP contribution in [0, 0.1) is 0 Å². The van der Waals surface area contributed by atoms with Crippen LogP contribution in [-0.2, 0) is 10.8 Å². The minimum Gasteiger partial charge on any atom is -0.457 e. The van der Waals surface area contributed by atoms with Crippen LogP contribution >= 0.6 is 0 Å². The van der Waals surface area contributed by atoms with E-state index < -0.39 is 5.41 Å². The van der Waals surface area contributed by atoms with Crippen LogP contribution in [-0.4, -0.2) is 0 Å². The fourth-order valence-corrected chi connectivity index (χ4v) is 8.44. The summed E-state index contributed by atoms with van der Waals surface area (Å²) in [6.45, 7) is 4.80. The molecular formula is C44H34O. The van der Waals surface area contributed by atoms with E-state index in [4.69, 9.17) is 4.74 Å². The Morgan fingerprint density at radius 1 is 0.578 bits per heavy atom. The molecule has 6 aromatic rings. The Morgan fingerprint density at radius 2 is 1.20 bits per heavy atom. The van der Waals surface area contributed by atoms with E-state index in [2.05, 4.69) is 166 Å². The SMILES string of the molecule is CC1(C)C2=CC(c3ccc4c(c3)Oc3ccccc3C4(c3ccccc3)c3ccccc3)=CCC2c2cc3ccccc3cc21. The molecule has 0 aromatic heterocycles. The molecule has 0 saturated carbocycles. The molecule has 3 aliphatic rings. The Bertz CT molecular complexity index is 2140. The molecule has 9 rings (SSSR count). The van der Waals surface area contributed by atoms with Gasteiger partial charge in [0.15, 0.2) is 0 Å². The van der Waals surface area contributed by atoms with Gasteiger partial charge in [-0.3, -0.25) is 0 Å². The van der Waals surface area contributed by atoms with E-state index in [1.807, 2.05) is 0 Å². The molecule has 1 heteroatoms. The van der Waals surface area contributed by atoms with Crippen LogP contribution in [0.15, 0.2) is 157 Å². The molecule has 1 unspecified atom stereocenters. The quantitative estimate of drug-likeness (QED) is 0.203. The second kappa shape index (κ2) is 9.68. The molecule has 0 amide bonds. The van der Waals surface area contributed by atoms with Crippen LogP contribution < -0.4 is 4.74 Å². The Morgan fingerprint density at radius 3 is 1.93 bits per heavy atom. The molecule has 216 valence electrons. The zero-order valence-electron chi connectivity index (χ0n) is 25.6. The number of para-hydroxylation sites is 1. The largest absolute Gasteiger partial charge is 0.457 e. The maximum absolute atomic E-state index is 6.78. The maximum atomic E-state index is 6.78. The van der Waals surface area contributed by atoms with E-state index in [1.54, 1.807) is 0 Å². The summed E-state index contributed by atoms with van der Waals surface area (Å²) in [5, 5.41) is 2.65. The van der Waals surface area contributed by atoms with Gasteiger partial charge < -0.3 is 4.74 Å². The van der Waals surface area contributed by atoms with Crippen LogP contribution in [0.4, 0.5) is 0 Å². The predicted molar refractivity (Wildman–Crippen MR) is 185 cm³/mol. The van der Waals surface area contributed by atoms with Crippen molar-refractivity contribution in [2.24, 2.45) is 0 Å². The molecule has 1 nitrogen and oxygen atoms in total. The third kappa shape index (κ3) is 3.74. The zero-order chi connectivity index (χ0) is 30.2. The van der Waals surface area contributed by atoms with E-state index in [0.29, 0.717) is 5.92 Å². The Hall–Kier alpha value is -5.14. The van der Waals surface area contributed by atoms with Crippen molar-refractivity contribution in [1.29, 1.82) is 0 Å². The maximum Gasteiger partial charge on any atom is 0.132 e. The molecule has 0 saturated heterocycles. The lowest BCUT2D eigenvalue weighted by Crippen LogP contribution is -2.34. The minimum absolute atomic E-state index is 0.0248. The molecule has 45 heavy (non-hydrogen) atoms. The fraction of sp³-hybridized carbons (Fsp3) is 0.136. The number of ether oxygens (including phenoxy) is 1. The number of benzene rings is 6. The van der Waals surface area contributed by atoms with Gasteiger partial charge in [0, 0.05) is 22.5 Å². The van der Waals surface area contributed by atoms with Crippen molar-refractivity contribution in [2.45, 2.75) is 37.0 Å². The third-order valence-corrected chi connectivity index (χ3v) is 10.6. The molecule has 1 aliphatic heterocycles. The molecule has 0 spiro atoms. The van der Waals surface area contributed by atoms with Crippen LogP contribution in [0.5, 0.6) is 11.5 Å². The first kappa shape index (κ1) is 26.3. The summed E-state index contributed by atoms with van der Waals surface area (Å²) in [5.41, 5.74) is 11.2. The van der Waals surface area contributed by atoms with Gasteiger partial charge in [-0.2, -0.15) is 0 Å². The smallest absolute Gasteiger partial charge is 0.132 e. The monoisotopic (exact) mass is 578 g/mol. The van der Waals surface area contributed by atoms with E-state index in [1.165, 1.54) is 60.9 Å². The Balaban J connectivity index is 1.20. The predicted octanol–water partition coefficient (Wildman–Crippen LogP) is 11.1. The molecule has 0 bridgehead atoms. The zero-order valence-corrected chi connectivity index (χ0v) is 25.6. The highest BCUT2D eigenvalue weighted by atomic mass is 16.5. The van der Waals surface area contributed by atoms with Crippen molar-refractivity contribution in [3.63, 3.8) is 0 Å². The average molecular weight is 579 g/mol. The second-order valence-corrected chi connectivity index (χ2v) is 13.3. The lowest BCUT2D eigenvalue weighted by atomic mass is 9.63. The molecule has 1 heterocycles. The fourth-order valence-electron chi connectivity index (χ4n) is 8.44. The van der Waals surface area contributed by atoms with Gasteiger partial charge in [0.1, 0.15) is 11.5 Å². The lowest BCUT2D eigenvalue weighted by molar-refractivity contribution is 0.434. The van der Waals surface area contributed by atoms with Crippen molar-refractivity contribution >= 4 is 16.3 Å².